The zero-order valence-corrected chi connectivity index (χ0v) is 19.3. The molecule has 174 valence electrons. The van der Waals surface area contributed by atoms with Crippen LogP contribution in [0.1, 0.15) is 23.6 Å². The van der Waals surface area contributed by atoms with Crippen molar-refractivity contribution in [3.63, 3.8) is 0 Å². The molecule has 3 aromatic rings. The Labute approximate surface area is 197 Å². The fourth-order valence-corrected chi connectivity index (χ4v) is 3.62. The zero-order chi connectivity index (χ0) is 23.3. The quantitative estimate of drug-likeness (QED) is 0.330. The molecule has 1 N–H and O–H groups in total. The third-order valence-corrected chi connectivity index (χ3v) is 5.65. The molecule has 0 unspecified atom stereocenters. The van der Waals surface area contributed by atoms with Crippen molar-refractivity contribution in [1.82, 2.24) is 0 Å². The highest BCUT2D eigenvalue weighted by atomic mass is 16.5. The van der Waals surface area contributed by atoms with E-state index in [1.165, 1.54) is 0 Å². The van der Waals surface area contributed by atoms with E-state index in [4.69, 9.17) is 14.2 Å². The number of hydrogen-bond acceptors (Lipinski definition) is 4. The van der Waals surface area contributed by atoms with Crippen molar-refractivity contribution >= 4 is 0 Å². The third-order valence-electron chi connectivity index (χ3n) is 5.65. The standard InChI is InChI=1S/C29H34O4/c1-3-28(32-20-25-15-9-5-10-16-25)29(33-21-26-17-11-6-12-18-26)23(2)27(30)22-31-19-24-13-7-4-8-14-24/h3-18,23,27-30H,1,19-22H2,2H3/t23-,27-,28-,29+/m1/s1. The van der Waals surface area contributed by atoms with Gasteiger partial charge in [0, 0.05) is 5.92 Å². The normalized spacial score (nSPS) is 14.8. The molecule has 0 aliphatic carbocycles. The topological polar surface area (TPSA) is 47.9 Å². The number of aliphatic hydroxyl groups is 1. The van der Waals surface area contributed by atoms with Gasteiger partial charge >= 0.3 is 0 Å². The predicted octanol–water partition coefficient (Wildman–Crippen LogP) is 5.56. The molecular weight excluding hydrogens is 412 g/mol. The molecule has 0 saturated carbocycles. The van der Waals surface area contributed by atoms with Gasteiger partial charge in [-0.2, -0.15) is 0 Å². The maximum atomic E-state index is 10.9. The summed E-state index contributed by atoms with van der Waals surface area (Å²) < 4.78 is 18.3. The van der Waals surface area contributed by atoms with E-state index in [1.807, 2.05) is 97.9 Å². The van der Waals surface area contributed by atoms with Crippen LogP contribution in [0.5, 0.6) is 0 Å². The van der Waals surface area contributed by atoms with E-state index in [-0.39, 0.29) is 24.7 Å². The Bertz CT molecular complexity index is 914. The molecule has 0 bridgehead atoms. The first-order valence-electron chi connectivity index (χ1n) is 11.4. The molecule has 0 heterocycles. The third kappa shape index (κ3) is 8.26. The number of ether oxygens (including phenoxy) is 3. The second kappa shape index (κ2) is 13.7. The van der Waals surface area contributed by atoms with Crippen LogP contribution in [-0.4, -0.2) is 30.0 Å². The second-order valence-electron chi connectivity index (χ2n) is 8.19. The van der Waals surface area contributed by atoms with Gasteiger partial charge in [-0.3, -0.25) is 0 Å². The largest absolute Gasteiger partial charge is 0.390 e. The first-order valence-corrected chi connectivity index (χ1v) is 11.4. The summed E-state index contributed by atoms with van der Waals surface area (Å²) in [6.45, 7) is 7.47. The van der Waals surface area contributed by atoms with Crippen molar-refractivity contribution in [3.05, 3.63) is 120 Å². The van der Waals surface area contributed by atoms with Crippen LogP contribution in [0.2, 0.25) is 0 Å². The lowest BCUT2D eigenvalue weighted by Crippen LogP contribution is -2.42. The fraction of sp³-hybridized carbons (Fsp3) is 0.310. The molecule has 4 heteroatoms. The van der Waals surface area contributed by atoms with Crippen LogP contribution >= 0.6 is 0 Å². The number of aliphatic hydroxyl groups excluding tert-OH is 1. The smallest absolute Gasteiger partial charge is 0.102 e. The summed E-state index contributed by atoms with van der Waals surface area (Å²) in [7, 11) is 0. The van der Waals surface area contributed by atoms with Crippen LogP contribution in [0, 0.1) is 5.92 Å². The van der Waals surface area contributed by atoms with Crippen LogP contribution in [0.3, 0.4) is 0 Å². The van der Waals surface area contributed by atoms with Gasteiger partial charge in [-0.05, 0) is 16.7 Å². The highest BCUT2D eigenvalue weighted by molar-refractivity contribution is 5.15. The minimum atomic E-state index is -0.711. The van der Waals surface area contributed by atoms with Crippen LogP contribution in [0.25, 0.3) is 0 Å². The maximum Gasteiger partial charge on any atom is 0.102 e. The summed E-state index contributed by atoms with van der Waals surface area (Å²) in [5.74, 6) is -0.233. The molecule has 0 aliphatic heterocycles. The highest BCUT2D eigenvalue weighted by Crippen LogP contribution is 2.22. The summed E-state index contributed by atoms with van der Waals surface area (Å²) in [5, 5.41) is 10.9. The summed E-state index contributed by atoms with van der Waals surface area (Å²) in [6, 6.07) is 29.9. The fourth-order valence-electron chi connectivity index (χ4n) is 3.62. The van der Waals surface area contributed by atoms with Crippen LogP contribution in [-0.2, 0) is 34.0 Å². The molecule has 4 atom stereocenters. The van der Waals surface area contributed by atoms with Gasteiger partial charge in [-0.25, -0.2) is 0 Å². The van der Waals surface area contributed by atoms with E-state index in [9.17, 15) is 5.11 Å². The average molecular weight is 447 g/mol. The lowest BCUT2D eigenvalue weighted by molar-refractivity contribution is -0.119. The minimum absolute atomic E-state index is 0.212. The molecule has 0 fully saturated rings. The van der Waals surface area contributed by atoms with E-state index in [0.717, 1.165) is 16.7 Å². The molecule has 0 amide bonds. The molecule has 0 saturated heterocycles. The molecule has 0 spiro atoms. The second-order valence-corrected chi connectivity index (χ2v) is 8.19. The van der Waals surface area contributed by atoms with Crippen LogP contribution < -0.4 is 0 Å². The highest BCUT2D eigenvalue weighted by Gasteiger charge is 2.31. The molecule has 3 rings (SSSR count). The lowest BCUT2D eigenvalue weighted by atomic mass is 9.93. The van der Waals surface area contributed by atoms with E-state index in [2.05, 4.69) is 6.58 Å². The maximum absolute atomic E-state index is 10.9. The molecule has 0 aromatic heterocycles. The summed E-state index contributed by atoms with van der Waals surface area (Å²) in [6.07, 6.45) is 0.277. The SMILES string of the molecule is C=C[C@@H](OCc1ccccc1)[C@@H](OCc1ccccc1)[C@H](C)[C@H](O)COCc1ccccc1. The zero-order valence-electron chi connectivity index (χ0n) is 19.3. The van der Waals surface area contributed by atoms with Gasteiger partial charge in [0.2, 0.25) is 0 Å². The predicted molar refractivity (Wildman–Crippen MR) is 132 cm³/mol. The van der Waals surface area contributed by atoms with Gasteiger partial charge in [0.25, 0.3) is 0 Å². The Morgan fingerprint density at radius 1 is 0.727 bits per heavy atom. The molecule has 4 nitrogen and oxygen atoms in total. The van der Waals surface area contributed by atoms with Gasteiger partial charge in [0.15, 0.2) is 0 Å². The Morgan fingerprint density at radius 3 is 1.67 bits per heavy atom. The van der Waals surface area contributed by atoms with Crippen LogP contribution in [0.4, 0.5) is 0 Å². The van der Waals surface area contributed by atoms with Crippen molar-refractivity contribution < 1.29 is 19.3 Å². The van der Waals surface area contributed by atoms with Crippen molar-refractivity contribution in [2.75, 3.05) is 6.61 Å². The van der Waals surface area contributed by atoms with E-state index in [0.29, 0.717) is 19.8 Å². The Morgan fingerprint density at radius 2 is 1.18 bits per heavy atom. The summed E-state index contributed by atoms with van der Waals surface area (Å²) >= 11 is 0. The van der Waals surface area contributed by atoms with Crippen molar-refractivity contribution in [3.8, 4) is 0 Å². The molecular formula is C29H34O4. The average Bonchev–Trinajstić information content (AvgIpc) is 2.87. The molecule has 0 radical (unpaired) electrons. The number of hydrogen-bond donors (Lipinski definition) is 1. The van der Waals surface area contributed by atoms with Gasteiger partial charge in [-0.1, -0.05) is 104 Å². The van der Waals surface area contributed by atoms with E-state index < -0.39 is 6.10 Å². The number of benzene rings is 3. The number of rotatable bonds is 14. The first-order chi connectivity index (χ1) is 16.2. The Kier molecular flexibility index (Phi) is 10.3. The van der Waals surface area contributed by atoms with Gasteiger partial charge in [0.05, 0.1) is 38.6 Å². The van der Waals surface area contributed by atoms with Gasteiger partial charge in [-0.15, -0.1) is 6.58 Å². The minimum Gasteiger partial charge on any atom is -0.390 e. The summed E-state index contributed by atoms with van der Waals surface area (Å²) in [4.78, 5) is 0. The van der Waals surface area contributed by atoms with Crippen molar-refractivity contribution in [2.24, 2.45) is 5.92 Å². The monoisotopic (exact) mass is 446 g/mol. The molecule has 33 heavy (non-hydrogen) atoms. The van der Waals surface area contributed by atoms with Gasteiger partial charge in [0.1, 0.15) is 6.10 Å². The van der Waals surface area contributed by atoms with Crippen LogP contribution in [0.15, 0.2) is 104 Å². The molecule has 3 aromatic carbocycles. The first kappa shape index (κ1) is 24.9. The molecule has 0 aliphatic rings. The van der Waals surface area contributed by atoms with Crippen molar-refractivity contribution in [1.29, 1.82) is 0 Å². The van der Waals surface area contributed by atoms with Crippen molar-refractivity contribution in [2.45, 2.75) is 45.1 Å². The summed E-state index contributed by atoms with van der Waals surface area (Å²) in [5.41, 5.74) is 3.21. The van der Waals surface area contributed by atoms with E-state index >= 15 is 0 Å². The van der Waals surface area contributed by atoms with Gasteiger partial charge < -0.3 is 19.3 Å². The Balaban J connectivity index is 1.63. The Hall–Kier alpha value is -2.76. The lowest BCUT2D eigenvalue weighted by Gasteiger charge is -2.33. The van der Waals surface area contributed by atoms with E-state index in [1.54, 1.807) is 6.08 Å².